The van der Waals surface area contributed by atoms with Crippen LogP contribution in [-0.4, -0.2) is 24.8 Å². The molecule has 0 radical (unpaired) electrons. The molecule has 0 spiro atoms. The first kappa shape index (κ1) is 14.4. The van der Waals surface area contributed by atoms with E-state index in [1.54, 1.807) is 6.07 Å². The minimum atomic E-state index is -0.983. The largest absolute Gasteiger partial charge is 0.493 e. The molecule has 0 unspecified atom stereocenters. The van der Waals surface area contributed by atoms with E-state index in [-0.39, 0.29) is 5.56 Å². The van der Waals surface area contributed by atoms with Crippen LogP contribution in [0.15, 0.2) is 29.6 Å². The summed E-state index contributed by atoms with van der Waals surface area (Å²) in [5, 5.41) is 11.1. The van der Waals surface area contributed by atoms with E-state index < -0.39 is 5.97 Å². The van der Waals surface area contributed by atoms with Crippen LogP contribution in [0.4, 0.5) is 0 Å². The van der Waals surface area contributed by atoms with Crippen LogP contribution in [0.3, 0.4) is 0 Å². The Labute approximate surface area is 121 Å². The number of hydrogen-bond acceptors (Lipinski definition) is 4. The van der Waals surface area contributed by atoms with E-state index in [4.69, 9.17) is 9.47 Å². The fourth-order valence-electron chi connectivity index (χ4n) is 1.85. The zero-order valence-electron chi connectivity index (χ0n) is 11.4. The van der Waals surface area contributed by atoms with Crippen molar-refractivity contribution in [2.75, 3.05) is 13.7 Å². The van der Waals surface area contributed by atoms with E-state index in [1.807, 2.05) is 24.4 Å². The van der Waals surface area contributed by atoms with Crippen molar-refractivity contribution in [2.45, 2.75) is 13.3 Å². The molecule has 0 aliphatic carbocycles. The molecule has 106 valence electrons. The van der Waals surface area contributed by atoms with Crippen LogP contribution in [0.2, 0.25) is 0 Å². The average molecular weight is 292 g/mol. The summed E-state index contributed by atoms with van der Waals surface area (Å²) >= 11 is 1.53. The van der Waals surface area contributed by atoms with E-state index in [0.717, 1.165) is 16.9 Å². The molecule has 0 amide bonds. The maximum Gasteiger partial charge on any atom is 0.335 e. The van der Waals surface area contributed by atoms with Gasteiger partial charge in [0.2, 0.25) is 0 Å². The van der Waals surface area contributed by atoms with Gasteiger partial charge in [-0.15, -0.1) is 11.3 Å². The van der Waals surface area contributed by atoms with Crippen molar-refractivity contribution in [2.24, 2.45) is 0 Å². The van der Waals surface area contributed by atoms with Gasteiger partial charge in [0.1, 0.15) is 0 Å². The summed E-state index contributed by atoms with van der Waals surface area (Å²) in [5.41, 5.74) is 0.944. The Morgan fingerprint density at radius 2 is 2.20 bits per heavy atom. The number of carbonyl (C=O) groups is 1. The standard InChI is InChI=1S/C15H16O4S/c1-3-6-19-14-11(13-5-4-7-20-13)8-10(15(16)17)9-12(14)18-2/h4-5,7-9H,3,6H2,1-2H3,(H,16,17). The second-order valence-electron chi connectivity index (χ2n) is 4.19. The summed E-state index contributed by atoms with van der Waals surface area (Å²) in [5.74, 6) is 0.0618. The van der Waals surface area contributed by atoms with E-state index in [1.165, 1.54) is 24.5 Å². The average Bonchev–Trinajstić information content (AvgIpc) is 2.98. The Hall–Kier alpha value is -2.01. The van der Waals surface area contributed by atoms with E-state index in [0.29, 0.717) is 18.1 Å². The Bertz CT molecular complexity index is 590. The van der Waals surface area contributed by atoms with Gasteiger partial charge in [-0.25, -0.2) is 4.79 Å². The number of carboxylic acid groups (broad SMARTS) is 1. The van der Waals surface area contributed by atoms with Gasteiger partial charge in [-0.3, -0.25) is 0 Å². The highest BCUT2D eigenvalue weighted by Crippen LogP contribution is 2.41. The number of benzene rings is 1. The lowest BCUT2D eigenvalue weighted by atomic mass is 10.1. The molecule has 5 heteroatoms. The smallest absolute Gasteiger partial charge is 0.335 e. The first-order valence-corrected chi connectivity index (χ1v) is 7.17. The predicted octanol–water partition coefficient (Wildman–Crippen LogP) is 3.91. The normalized spacial score (nSPS) is 10.3. The van der Waals surface area contributed by atoms with Gasteiger partial charge in [-0.2, -0.15) is 0 Å². The lowest BCUT2D eigenvalue weighted by Crippen LogP contribution is -2.03. The molecule has 0 fully saturated rings. The van der Waals surface area contributed by atoms with E-state index >= 15 is 0 Å². The molecule has 0 atom stereocenters. The van der Waals surface area contributed by atoms with Crippen molar-refractivity contribution in [1.82, 2.24) is 0 Å². The predicted molar refractivity (Wildman–Crippen MR) is 79.1 cm³/mol. The molecular weight excluding hydrogens is 276 g/mol. The van der Waals surface area contributed by atoms with Crippen molar-refractivity contribution in [1.29, 1.82) is 0 Å². The van der Waals surface area contributed by atoms with Crippen LogP contribution in [0, 0.1) is 0 Å². The van der Waals surface area contributed by atoms with Gasteiger partial charge < -0.3 is 14.6 Å². The third-order valence-corrected chi connectivity index (χ3v) is 3.66. The summed E-state index contributed by atoms with van der Waals surface area (Å²) in [7, 11) is 1.51. The fourth-order valence-corrected chi connectivity index (χ4v) is 2.58. The molecule has 1 N–H and O–H groups in total. The number of methoxy groups -OCH3 is 1. The number of carboxylic acids is 1. The molecule has 2 rings (SSSR count). The van der Waals surface area contributed by atoms with Crippen molar-refractivity contribution in [3.05, 3.63) is 35.2 Å². The number of hydrogen-bond donors (Lipinski definition) is 1. The number of aromatic carboxylic acids is 1. The number of rotatable bonds is 6. The molecule has 1 aromatic carbocycles. The monoisotopic (exact) mass is 292 g/mol. The summed E-state index contributed by atoms with van der Waals surface area (Å²) in [6.07, 6.45) is 0.869. The summed E-state index contributed by atoms with van der Waals surface area (Å²) < 4.78 is 11.0. The highest BCUT2D eigenvalue weighted by atomic mass is 32.1. The minimum Gasteiger partial charge on any atom is -0.493 e. The Kier molecular flexibility index (Phi) is 4.63. The number of ether oxygens (including phenoxy) is 2. The van der Waals surface area contributed by atoms with Crippen LogP contribution in [0.1, 0.15) is 23.7 Å². The lowest BCUT2D eigenvalue weighted by molar-refractivity contribution is 0.0696. The van der Waals surface area contributed by atoms with Crippen molar-refractivity contribution >= 4 is 17.3 Å². The zero-order valence-corrected chi connectivity index (χ0v) is 12.2. The van der Waals surface area contributed by atoms with Crippen LogP contribution in [0.25, 0.3) is 10.4 Å². The molecule has 0 bridgehead atoms. The summed E-state index contributed by atoms with van der Waals surface area (Å²) in [4.78, 5) is 12.2. The van der Waals surface area contributed by atoms with Crippen LogP contribution in [-0.2, 0) is 0 Å². The molecule has 1 aromatic heterocycles. The molecule has 2 aromatic rings. The second kappa shape index (κ2) is 6.43. The molecule has 0 aliphatic rings. The highest BCUT2D eigenvalue weighted by Gasteiger charge is 2.18. The van der Waals surface area contributed by atoms with Crippen LogP contribution >= 0.6 is 11.3 Å². The Morgan fingerprint density at radius 3 is 2.75 bits per heavy atom. The van der Waals surface area contributed by atoms with Crippen LogP contribution < -0.4 is 9.47 Å². The maximum absolute atomic E-state index is 11.2. The Balaban J connectivity index is 2.59. The van der Waals surface area contributed by atoms with E-state index in [9.17, 15) is 9.90 Å². The molecule has 4 nitrogen and oxygen atoms in total. The van der Waals surface area contributed by atoms with Gasteiger partial charge in [0.25, 0.3) is 0 Å². The van der Waals surface area contributed by atoms with Crippen molar-refractivity contribution in [3.63, 3.8) is 0 Å². The van der Waals surface area contributed by atoms with Gasteiger partial charge in [0.05, 0.1) is 19.3 Å². The van der Waals surface area contributed by atoms with Crippen molar-refractivity contribution < 1.29 is 19.4 Å². The number of thiophene rings is 1. The van der Waals surface area contributed by atoms with Crippen molar-refractivity contribution in [3.8, 4) is 21.9 Å². The van der Waals surface area contributed by atoms with Gasteiger partial charge in [-0.1, -0.05) is 13.0 Å². The first-order chi connectivity index (χ1) is 9.67. The zero-order chi connectivity index (χ0) is 14.5. The second-order valence-corrected chi connectivity index (χ2v) is 5.13. The first-order valence-electron chi connectivity index (χ1n) is 6.29. The van der Waals surface area contributed by atoms with E-state index in [2.05, 4.69) is 0 Å². The third-order valence-electron chi connectivity index (χ3n) is 2.76. The van der Waals surface area contributed by atoms with Gasteiger partial charge in [0, 0.05) is 10.4 Å². The molecule has 20 heavy (non-hydrogen) atoms. The quantitative estimate of drug-likeness (QED) is 0.877. The third kappa shape index (κ3) is 2.93. The molecular formula is C15H16O4S. The Morgan fingerprint density at radius 1 is 1.40 bits per heavy atom. The molecule has 0 aliphatic heterocycles. The minimum absolute atomic E-state index is 0.189. The summed E-state index contributed by atoms with van der Waals surface area (Å²) in [6, 6.07) is 6.97. The molecule has 0 saturated heterocycles. The topological polar surface area (TPSA) is 55.8 Å². The van der Waals surface area contributed by atoms with Gasteiger partial charge >= 0.3 is 5.97 Å². The molecule has 0 saturated carbocycles. The lowest BCUT2D eigenvalue weighted by Gasteiger charge is -2.15. The molecule has 1 heterocycles. The maximum atomic E-state index is 11.2. The van der Waals surface area contributed by atoms with Gasteiger partial charge in [0.15, 0.2) is 11.5 Å². The highest BCUT2D eigenvalue weighted by molar-refractivity contribution is 7.13. The van der Waals surface area contributed by atoms with Crippen LogP contribution in [0.5, 0.6) is 11.5 Å². The van der Waals surface area contributed by atoms with Gasteiger partial charge in [-0.05, 0) is 30.0 Å². The fraction of sp³-hybridized carbons (Fsp3) is 0.267. The summed E-state index contributed by atoms with van der Waals surface area (Å²) in [6.45, 7) is 2.57. The SMILES string of the molecule is CCCOc1c(OC)cc(C(=O)O)cc1-c1cccs1.